The lowest BCUT2D eigenvalue weighted by Gasteiger charge is -2.35. The summed E-state index contributed by atoms with van der Waals surface area (Å²) in [6.07, 6.45) is 0. The average molecular weight is 303 g/mol. The third-order valence-corrected chi connectivity index (χ3v) is 6.59. The van der Waals surface area contributed by atoms with Gasteiger partial charge in [0.25, 0.3) is 10.0 Å². The summed E-state index contributed by atoms with van der Waals surface area (Å²) >= 11 is 1.22. The number of sulfonamides is 1. The van der Waals surface area contributed by atoms with E-state index in [9.17, 15) is 13.2 Å². The van der Waals surface area contributed by atoms with Crippen LogP contribution in [0.5, 0.6) is 0 Å². The van der Waals surface area contributed by atoms with Crippen molar-refractivity contribution < 1.29 is 13.2 Å². The first kappa shape index (κ1) is 14.4. The first-order valence-electron chi connectivity index (χ1n) is 6.00. The van der Waals surface area contributed by atoms with E-state index in [0.29, 0.717) is 30.4 Å². The fraction of sp³-hybridized carbons (Fsp3) is 0.545. The van der Waals surface area contributed by atoms with Gasteiger partial charge < -0.3 is 5.73 Å². The van der Waals surface area contributed by atoms with Gasteiger partial charge in [-0.25, -0.2) is 8.42 Å². The molecule has 106 valence electrons. The Morgan fingerprint density at radius 2 is 2.00 bits per heavy atom. The molecule has 1 atom stereocenters. The maximum atomic E-state index is 12.3. The van der Waals surface area contributed by atoms with Crippen LogP contribution >= 0.6 is 11.3 Å². The number of hydrogen-bond acceptors (Lipinski definition) is 5. The minimum atomic E-state index is -3.38. The maximum absolute atomic E-state index is 12.3. The van der Waals surface area contributed by atoms with Gasteiger partial charge in [-0.05, 0) is 18.4 Å². The van der Waals surface area contributed by atoms with Crippen molar-refractivity contribution in [3.63, 3.8) is 0 Å². The van der Waals surface area contributed by atoms with Gasteiger partial charge in [0.15, 0.2) is 0 Å². The highest BCUT2D eigenvalue weighted by molar-refractivity contribution is 7.91. The zero-order chi connectivity index (χ0) is 14.0. The van der Waals surface area contributed by atoms with Crippen LogP contribution in [0.25, 0.3) is 0 Å². The van der Waals surface area contributed by atoms with Crippen molar-refractivity contribution in [3.05, 3.63) is 17.5 Å². The molecule has 1 aromatic heterocycles. The van der Waals surface area contributed by atoms with Crippen molar-refractivity contribution in [2.45, 2.75) is 17.2 Å². The van der Waals surface area contributed by atoms with Gasteiger partial charge in [0, 0.05) is 26.2 Å². The molecular weight excluding hydrogens is 286 g/mol. The van der Waals surface area contributed by atoms with E-state index in [0.717, 1.165) is 0 Å². The smallest absolute Gasteiger partial charge is 0.252 e. The van der Waals surface area contributed by atoms with Crippen molar-refractivity contribution >= 4 is 27.3 Å². The average Bonchev–Trinajstić information content (AvgIpc) is 2.92. The number of nitrogens with zero attached hydrogens (tertiary/aromatic N) is 2. The van der Waals surface area contributed by atoms with Gasteiger partial charge in [0.05, 0.1) is 6.04 Å². The lowest BCUT2D eigenvalue weighted by atomic mass is 10.2. The molecule has 1 aromatic rings. The summed E-state index contributed by atoms with van der Waals surface area (Å²) in [5.74, 6) is -0.380. The Balaban J connectivity index is 2.03. The third-order valence-electron chi connectivity index (χ3n) is 3.32. The molecule has 1 aliphatic heterocycles. The van der Waals surface area contributed by atoms with Crippen LogP contribution in [0.1, 0.15) is 6.92 Å². The van der Waals surface area contributed by atoms with Gasteiger partial charge in [-0.15, -0.1) is 11.3 Å². The Hall–Kier alpha value is -0.960. The zero-order valence-corrected chi connectivity index (χ0v) is 12.3. The highest BCUT2D eigenvalue weighted by Gasteiger charge is 2.31. The molecule has 0 bridgehead atoms. The second kappa shape index (κ2) is 5.58. The molecule has 1 amide bonds. The molecular formula is C11H17N3O3S2. The van der Waals surface area contributed by atoms with Crippen LogP contribution in [-0.4, -0.2) is 55.8 Å². The van der Waals surface area contributed by atoms with E-state index in [1.807, 2.05) is 4.90 Å². The number of carbonyl (C=O) groups excluding carboxylic acids is 1. The van der Waals surface area contributed by atoms with Gasteiger partial charge in [0.1, 0.15) is 4.21 Å². The first-order chi connectivity index (χ1) is 8.93. The number of piperazine rings is 1. The molecule has 0 unspecified atom stereocenters. The predicted molar refractivity (Wildman–Crippen MR) is 73.3 cm³/mol. The third kappa shape index (κ3) is 2.97. The molecule has 8 heteroatoms. The van der Waals surface area contributed by atoms with Gasteiger partial charge in [-0.3, -0.25) is 9.69 Å². The molecule has 2 heterocycles. The maximum Gasteiger partial charge on any atom is 0.252 e. The molecule has 2 N–H and O–H groups in total. The van der Waals surface area contributed by atoms with Crippen molar-refractivity contribution in [2.75, 3.05) is 26.2 Å². The Bertz CT molecular complexity index is 534. The van der Waals surface area contributed by atoms with Crippen LogP contribution < -0.4 is 5.73 Å². The summed E-state index contributed by atoms with van der Waals surface area (Å²) in [6.45, 7) is 3.56. The summed E-state index contributed by atoms with van der Waals surface area (Å²) in [4.78, 5) is 13.0. The van der Waals surface area contributed by atoms with Crippen LogP contribution in [0, 0.1) is 0 Å². The molecule has 0 aromatic carbocycles. The predicted octanol–water partition coefficient (Wildman–Crippen LogP) is -0.0718. The quantitative estimate of drug-likeness (QED) is 0.844. The molecule has 0 aliphatic carbocycles. The largest absolute Gasteiger partial charge is 0.368 e. The minimum absolute atomic E-state index is 0.355. The number of rotatable bonds is 4. The first-order valence-corrected chi connectivity index (χ1v) is 8.32. The summed E-state index contributed by atoms with van der Waals surface area (Å²) in [7, 11) is -3.38. The van der Waals surface area contributed by atoms with E-state index in [4.69, 9.17) is 5.73 Å². The SMILES string of the molecule is C[C@H](C(N)=O)N1CCN(S(=O)(=O)c2cccs2)CC1. The molecule has 2 rings (SSSR count). The fourth-order valence-corrected chi connectivity index (χ4v) is 4.62. The molecule has 6 nitrogen and oxygen atoms in total. The van der Waals surface area contributed by atoms with Gasteiger partial charge in [0.2, 0.25) is 5.91 Å². The normalized spacial score (nSPS) is 20.3. The van der Waals surface area contributed by atoms with Crippen LogP contribution in [0.3, 0.4) is 0 Å². The van der Waals surface area contributed by atoms with Crippen molar-refractivity contribution in [3.8, 4) is 0 Å². The van der Waals surface area contributed by atoms with Crippen LogP contribution in [0.2, 0.25) is 0 Å². The van der Waals surface area contributed by atoms with Gasteiger partial charge in [-0.2, -0.15) is 4.31 Å². The highest BCUT2D eigenvalue weighted by Crippen LogP contribution is 2.22. The number of hydrogen-bond donors (Lipinski definition) is 1. The number of thiophene rings is 1. The molecule has 1 fully saturated rings. The second-order valence-corrected chi connectivity index (χ2v) is 7.56. The van der Waals surface area contributed by atoms with E-state index >= 15 is 0 Å². The number of amides is 1. The molecule has 0 spiro atoms. The summed E-state index contributed by atoms with van der Waals surface area (Å²) in [5.41, 5.74) is 5.25. The number of primary amides is 1. The van der Waals surface area contributed by atoms with E-state index in [1.165, 1.54) is 15.6 Å². The summed E-state index contributed by atoms with van der Waals surface area (Å²) in [6, 6.07) is 2.98. The second-order valence-electron chi connectivity index (χ2n) is 4.45. The van der Waals surface area contributed by atoms with Crippen molar-refractivity contribution in [1.82, 2.24) is 9.21 Å². The Kier molecular flexibility index (Phi) is 4.24. The van der Waals surface area contributed by atoms with Gasteiger partial charge >= 0.3 is 0 Å². The van der Waals surface area contributed by atoms with E-state index in [1.54, 1.807) is 24.4 Å². The standard InChI is InChI=1S/C11H17N3O3S2/c1-9(11(12)15)13-4-6-14(7-5-13)19(16,17)10-3-2-8-18-10/h2-3,8-9H,4-7H2,1H3,(H2,12,15)/t9-/m1/s1. The lowest BCUT2D eigenvalue weighted by molar-refractivity contribution is -0.123. The van der Waals surface area contributed by atoms with Gasteiger partial charge in [-0.1, -0.05) is 6.07 Å². The number of nitrogens with two attached hydrogens (primary N) is 1. The van der Waals surface area contributed by atoms with Crippen LogP contribution in [0.4, 0.5) is 0 Å². The van der Waals surface area contributed by atoms with E-state index in [-0.39, 0.29) is 11.9 Å². The van der Waals surface area contributed by atoms with Crippen LogP contribution in [-0.2, 0) is 14.8 Å². The lowest BCUT2D eigenvalue weighted by Crippen LogP contribution is -2.54. The van der Waals surface area contributed by atoms with Crippen molar-refractivity contribution in [2.24, 2.45) is 5.73 Å². The zero-order valence-electron chi connectivity index (χ0n) is 10.7. The Morgan fingerprint density at radius 1 is 1.37 bits per heavy atom. The van der Waals surface area contributed by atoms with E-state index < -0.39 is 10.0 Å². The molecule has 0 saturated carbocycles. The summed E-state index contributed by atoms with van der Waals surface area (Å²) < 4.78 is 26.4. The topological polar surface area (TPSA) is 83.7 Å². The number of carbonyl (C=O) groups is 1. The monoisotopic (exact) mass is 303 g/mol. The van der Waals surface area contributed by atoms with E-state index in [2.05, 4.69) is 0 Å². The Labute approximate surface area is 116 Å². The van der Waals surface area contributed by atoms with Crippen LogP contribution in [0.15, 0.2) is 21.7 Å². The molecule has 0 radical (unpaired) electrons. The molecule has 1 saturated heterocycles. The summed E-state index contributed by atoms with van der Waals surface area (Å²) in [5, 5.41) is 1.75. The highest BCUT2D eigenvalue weighted by atomic mass is 32.2. The molecule has 1 aliphatic rings. The minimum Gasteiger partial charge on any atom is -0.368 e. The Morgan fingerprint density at radius 3 is 2.47 bits per heavy atom. The fourth-order valence-electron chi connectivity index (χ4n) is 2.05. The molecule has 19 heavy (non-hydrogen) atoms. The van der Waals surface area contributed by atoms with Crippen molar-refractivity contribution in [1.29, 1.82) is 0 Å².